The van der Waals surface area contributed by atoms with E-state index >= 15 is 0 Å². The fourth-order valence-electron chi connectivity index (χ4n) is 4.22. The van der Waals surface area contributed by atoms with Crippen LogP contribution in [0.2, 0.25) is 0 Å². The molecule has 0 aliphatic heterocycles. The van der Waals surface area contributed by atoms with Crippen LogP contribution in [0.5, 0.6) is 0 Å². The molecule has 138 valence electrons. The molecule has 0 saturated heterocycles. The topological polar surface area (TPSA) is 26.3 Å². The van der Waals surface area contributed by atoms with Gasteiger partial charge in [0.1, 0.15) is 12.0 Å². The minimum atomic E-state index is -0.359. The van der Waals surface area contributed by atoms with Gasteiger partial charge in [0.05, 0.1) is 0 Å². The Morgan fingerprint density at radius 1 is 0.923 bits per heavy atom. The molecule has 0 N–H and O–H groups in total. The molecule has 0 bridgehead atoms. The Morgan fingerprint density at radius 3 is 1.96 bits per heavy atom. The molecule has 2 heteroatoms. The maximum atomic E-state index is 13.3. The summed E-state index contributed by atoms with van der Waals surface area (Å²) in [5.41, 5.74) is 1.99. The molecule has 3 unspecified atom stereocenters. The molecule has 3 atom stereocenters. The smallest absolute Gasteiger partial charge is 0.318 e. The first-order chi connectivity index (χ1) is 12.6. The van der Waals surface area contributed by atoms with Crippen LogP contribution in [0.25, 0.3) is 0 Å². The minimum absolute atomic E-state index is 0.0289. The van der Waals surface area contributed by atoms with Crippen LogP contribution in [-0.4, -0.2) is 12.1 Å². The van der Waals surface area contributed by atoms with Crippen molar-refractivity contribution in [3.8, 4) is 0 Å². The number of hydrogen-bond acceptors (Lipinski definition) is 2. The average Bonchev–Trinajstić information content (AvgIpc) is 2.63. The monoisotopic (exact) mass is 350 g/mol. The lowest BCUT2D eigenvalue weighted by atomic mass is 9.75. The van der Waals surface area contributed by atoms with Crippen molar-refractivity contribution in [2.45, 2.75) is 52.1 Å². The molecule has 0 aromatic heterocycles. The molecule has 1 saturated carbocycles. The van der Waals surface area contributed by atoms with Crippen LogP contribution in [0, 0.1) is 17.8 Å². The first kappa shape index (κ1) is 18.7. The van der Waals surface area contributed by atoms with Gasteiger partial charge in [-0.2, -0.15) is 0 Å². The second-order valence-corrected chi connectivity index (χ2v) is 8.06. The van der Waals surface area contributed by atoms with Gasteiger partial charge in [0.25, 0.3) is 0 Å². The van der Waals surface area contributed by atoms with Crippen molar-refractivity contribution >= 4 is 5.97 Å². The molecule has 1 aliphatic carbocycles. The summed E-state index contributed by atoms with van der Waals surface area (Å²) in [5.74, 6) is 1.14. The van der Waals surface area contributed by atoms with E-state index in [1.807, 2.05) is 60.7 Å². The van der Waals surface area contributed by atoms with Crippen LogP contribution >= 0.6 is 0 Å². The molecule has 3 rings (SSSR count). The van der Waals surface area contributed by atoms with Crippen molar-refractivity contribution in [2.24, 2.45) is 17.8 Å². The predicted molar refractivity (Wildman–Crippen MR) is 106 cm³/mol. The standard InChI is InChI=1S/C24H30O2/c1-17(2)21-15-14-18(3)16-22(21)26-24(25)23(19-10-6-4-7-11-19)20-12-8-5-9-13-20/h4-13,17-18,21-23H,14-16H2,1-3H3. The molecule has 0 radical (unpaired) electrons. The van der Waals surface area contributed by atoms with E-state index in [9.17, 15) is 4.79 Å². The van der Waals surface area contributed by atoms with Gasteiger partial charge in [-0.15, -0.1) is 0 Å². The highest BCUT2D eigenvalue weighted by Gasteiger charge is 2.35. The highest BCUT2D eigenvalue weighted by Crippen LogP contribution is 2.37. The van der Waals surface area contributed by atoms with Crippen LogP contribution in [0.15, 0.2) is 60.7 Å². The van der Waals surface area contributed by atoms with Crippen LogP contribution in [-0.2, 0) is 9.53 Å². The Kier molecular flexibility index (Phi) is 6.13. The summed E-state index contributed by atoms with van der Waals surface area (Å²) in [5, 5.41) is 0. The van der Waals surface area contributed by atoms with Crippen molar-refractivity contribution in [2.75, 3.05) is 0 Å². The molecular weight excluding hydrogens is 320 g/mol. The SMILES string of the molecule is CC1CCC(C(C)C)C(OC(=O)C(c2ccccc2)c2ccccc2)C1. The van der Waals surface area contributed by atoms with E-state index in [0.29, 0.717) is 17.8 Å². The van der Waals surface area contributed by atoms with Gasteiger partial charge in [0, 0.05) is 0 Å². The van der Waals surface area contributed by atoms with Crippen LogP contribution < -0.4 is 0 Å². The van der Waals surface area contributed by atoms with Crippen molar-refractivity contribution in [1.29, 1.82) is 0 Å². The molecule has 1 aliphatic rings. The number of esters is 1. The molecule has 0 amide bonds. The third-order valence-electron chi connectivity index (χ3n) is 5.73. The number of benzene rings is 2. The first-order valence-corrected chi connectivity index (χ1v) is 9.86. The largest absolute Gasteiger partial charge is 0.461 e. The molecule has 1 fully saturated rings. The zero-order chi connectivity index (χ0) is 18.5. The summed E-state index contributed by atoms with van der Waals surface area (Å²) >= 11 is 0. The van der Waals surface area contributed by atoms with E-state index in [-0.39, 0.29) is 18.0 Å². The summed E-state index contributed by atoms with van der Waals surface area (Å²) in [6.07, 6.45) is 3.39. The lowest BCUT2D eigenvalue weighted by Gasteiger charge is -2.37. The van der Waals surface area contributed by atoms with Gasteiger partial charge in [0.2, 0.25) is 0 Å². The van der Waals surface area contributed by atoms with Gasteiger partial charge in [-0.05, 0) is 41.7 Å². The second-order valence-electron chi connectivity index (χ2n) is 8.06. The highest BCUT2D eigenvalue weighted by atomic mass is 16.5. The molecule has 2 nitrogen and oxygen atoms in total. The summed E-state index contributed by atoms with van der Waals surface area (Å²) in [6.45, 7) is 6.75. The van der Waals surface area contributed by atoms with Crippen LogP contribution in [0.1, 0.15) is 57.1 Å². The number of carbonyl (C=O) groups excluding carboxylic acids is 1. The molecule has 26 heavy (non-hydrogen) atoms. The van der Waals surface area contributed by atoms with Gasteiger partial charge in [-0.3, -0.25) is 4.79 Å². The Bertz CT molecular complexity index is 653. The summed E-state index contributed by atoms with van der Waals surface area (Å²) in [6, 6.07) is 20.0. The molecule has 2 aromatic carbocycles. The maximum absolute atomic E-state index is 13.3. The highest BCUT2D eigenvalue weighted by molar-refractivity contribution is 5.82. The van der Waals surface area contributed by atoms with E-state index in [2.05, 4.69) is 20.8 Å². The fraction of sp³-hybridized carbons (Fsp3) is 0.458. The summed E-state index contributed by atoms with van der Waals surface area (Å²) in [4.78, 5) is 13.3. The Morgan fingerprint density at radius 2 is 1.46 bits per heavy atom. The Hall–Kier alpha value is -2.09. The fourth-order valence-corrected chi connectivity index (χ4v) is 4.22. The maximum Gasteiger partial charge on any atom is 0.318 e. The van der Waals surface area contributed by atoms with Crippen molar-refractivity contribution in [1.82, 2.24) is 0 Å². The molecule has 0 heterocycles. The zero-order valence-electron chi connectivity index (χ0n) is 16.1. The lowest BCUT2D eigenvalue weighted by molar-refractivity contribution is -0.156. The number of ether oxygens (including phenoxy) is 1. The molecule has 0 spiro atoms. The first-order valence-electron chi connectivity index (χ1n) is 9.86. The number of rotatable bonds is 5. The van der Waals surface area contributed by atoms with Gasteiger partial charge >= 0.3 is 5.97 Å². The van der Waals surface area contributed by atoms with Crippen molar-refractivity contribution in [3.05, 3.63) is 71.8 Å². The van der Waals surface area contributed by atoms with E-state index in [4.69, 9.17) is 4.74 Å². The third-order valence-corrected chi connectivity index (χ3v) is 5.73. The molecule has 2 aromatic rings. The van der Waals surface area contributed by atoms with E-state index in [1.165, 1.54) is 6.42 Å². The van der Waals surface area contributed by atoms with Crippen molar-refractivity contribution in [3.63, 3.8) is 0 Å². The number of hydrogen-bond donors (Lipinski definition) is 0. The van der Waals surface area contributed by atoms with E-state index in [1.54, 1.807) is 0 Å². The zero-order valence-corrected chi connectivity index (χ0v) is 16.1. The lowest BCUT2D eigenvalue weighted by Crippen LogP contribution is -2.37. The van der Waals surface area contributed by atoms with Gasteiger partial charge in [-0.1, -0.05) is 87.9 Å². The number of carbonyl (C=O) groups is 1. The predicted octanol–water partition coefficient (Wildman–Crippen LogP) is 5.82. The summed E-state index contributed by atoms with van der Waals surface area (Å²) in [7, 11) is 0. The van der Waals surface area contributed by atoms with Gasteiger partial charge in [-0.25, -0.2) is 0 Å². The Balaban J connectivity index is 1.86. The van der Waals surface area contributed by atoms with Gasteiger partial charge < -0.3 is 4.74 Å². The van der Waals surface area contributed by atoms with Crippen LogP contribution in [0.4, 0.5) is 0 Å². The quantitative estimate of drug-likeness (QED) is 0.635. The molecular formula is C24H30O2. The summed E-state index contributed by atoms with van der Waals surface area (Å²) < 4.78 is 6.17. The van der Waals surface area contributed by atoms with Crippen LogP contribution in [0.3, 0.4) is 0 Å². The van der Waals surface area contributed by atoms with Crippen molar-refractivity contribution < 1.29 is 9.53 Å². The minimum Gasteiger partial charge on any atom is -0.461 e. The average molecular weight is 351 g/mol. The van der Waals surface area contributed by atoms with E-state index < -0.39 is 0 Å². The normalized spacial score (nSPS) is 23.2. The van der Waals surface area contributed by atoms with E-state index in [0.717, 1.165) is 24.0 Å². The van der Waals surface area contributed by atoms with Gasteiger partial charge in [0.15, 0.2) is 0 Å². The second kappa shape index (κ2) is 8.53. The Labute approximate surface area is 157 Å². The third kappa shape index (κ3) is 4.35.